The third-order valence-corrected chi connectivity index (χ3v) is 6.94. The molecule has 1 amide bonds. The summed E-state index contributed by atoms with van der Waals surface area (Å²) >= 11 is 0. The van der Waals surface area contributed by atoms with Gasteiger partial charge in [0.2, 0.25) is 22.5 Å². The second-order valence-corrected chi connectivity index (χ2v) is 23.1. The highest BCUT2D eigenvalue weighted by Gasteiger charge is 2.33. The van der Waals surface area contributed by atoms with Crippen LogP contribution in [0.1, 0.15) is 10.4 Å². The first-order valence-corrected chi connectivity index (χ1v) is 19.2. The summed E-state index contributed by atoms with van der Waals surface area (Å²) in [5.41, 5.74) is 0.545. The van der Waals surface area contributed by atoms with Crippen LogP contribution < -0.4 is 4.43 Å². The van der Waals surface area contributed by atoms with E-state index in [1.807, 2.05) is 31.8 Å². The molecule has 0 bridgehead atoms. The van der Waals surface area contributed by atoms with Crippen LogP contribution in [0.4, 0.5) is 0 Å². The van der Waals surface area contributed by atoms with Crippen molar-refractivity contribution in [3.05, 3.63) is 29.8 Å². The molecule has 0 saturated carbocycles. The predicted octanol–water partition coefficient (Wildman–Crippen LogP) is 4.56. The molecule has 0 atom stereocenters. The number of carbonyl (C=O) groups excluding carboxylic acids is 2. The lowest BCUT2D eigenvalue weighted by Gasteiger charge is -2.34. The van der Waals surface area contributed by atoms with Gasteiger partial charge in [0.25, 0.3) is 0 Å². The number of hydrogen-bond donors (Lipinski definition) is 0. The summed E-state index contributed by atoms with van der Waals surface area (Å²) in [6.45, 7) is 18.3. The molecule has 5 nitrogen and oxygen atoms in total. The Labute approximate surface area is 161 Å². The van der Waals surface area contributed by atoms with Gasteiger partial charge in [-0.05, 0) is 57.5 Å². The van der Waals surface area contributed by atoms with Crippen molar-refractivity contribution in [3.63, 3.8) is 0 Å². The van der Waals surface area contributed by atoms with E-state index in [0.29, 0.717) is 11.3 Å². The fourth-order valence-electron chi connectivity index (χ4n) is 2.32. The van der Waals surface area contributed by atoms with Crippen LogP contribution in [-0.2, 0) is 9.22 Å². The predicted molar refractivity (Wildman–Crippen MR) is 114 cm³/mol. The van der Waals surface area contributed by atoms with Crippen LogP contribution in [0, 0.1) is 0 Å². The molecule has 0 unspecified atom stereocenters. The van der Waals surface area contributed by atoms with Gasteiger partial charge in [-0.25, -0.2) is 0 Å². The maximum atomic E-state index is 13.1. The topological polar surface area (TPSA) is 55.8 Å². The number of carbonyl (C=O) groups is 2. The number of nitrogens with zero attached hydrogens (tertiary/aromatic N) is 1. The van der Waals surface area contributed by atoms with Gasteiger partial charge in [-0.3, -0.25) is 9.59 Å². The van der Waals surface area contributed by atoms with E-state index in [4.69, 9.17) is 8.85 Å². The van der Waals surface area contributed by atoms with Crippen molar-refractivity contribution in [1.82, 2.24) is 4.57 Å². The van der Waals surface area contributed by atoms with Gasteiger partial charge in [0.15, 0.2) is 8.24 Å². The summed E-state index contributed by atoms with van der Waals surface area (Å²) < 4.78 is 13.2. The highest BCUT2D eigenvalue weighted by atomic mass is 28.4. The van der Waals surface area contributed by atoms with Crippen LogP contribution in [0.5, 0.6) is 5.75 Å². The Balaban J connectivity index is 3.07. The summed E-state index contributed by atoms with van der Waals surface area (Å²) in [6.07, 6.45) is 0. The first-order chi connectivity index (χ1) is 11.6. The van der Waals surface area contributed by atoms with Crippen LogP contribution in [-0.4, -0.2) is 47.9 Å². The van der Waals surface area contributed by atoms with E-state index in [0.717, 1.165) is 0 Å². The van der Waals surface area contributed by atoms with E-state index >= 15 is 0 Å². The third kappa shape index (κ3) is 7.88. The molecule has 1 aromatic carbocycles. The highest BCUT2D eigenvalue weighted by molar-refractivity contribution is 6.76. The molecule has 0 aliphatic rings. The van der Waals surface area contributed by atoms with E-state index in [9.17, 15) is 9.59 Å². The second-order valence-electron chi connectivity index (χ2n) is 9.39. The zero-order valence-electron chi connectivity index (χ0n) is 17.6. The lowest BCUT2D eigenvalue weighted by Crippen LogP contribution is -2.53. The van der Waals surface area contributed by atoms with E-state index < -0.39 is 24.9 Å². The van der Waals surface area contributed by atoms with Crippen LogP contribution in [0.2, 0.25) is 58.9 Å². The molecule has 0 aliphatic carbocycles. The second kappa shape index (κ2) is 8.10. The molecule has 1 aromatic rings. The molecule has 0 aliphatic heterocycles. The van der Waals surface area contributed by atoms with E-state index in [-0.39, 0.29) is 18.4 Å². The molecule has 0 fully saturated rings. The number of rotatable bonds is 7. The molecular formula is C18H33NO4Si3. The monoisotopic (exact) mass is 411 g/mol. The summed E-state index contributed by atoms with van der Waals surface area (Å²) in [7, 11) is -5.81. The van der Waals surface area contributed by atoms with E-state index in [1.54, 1.807) is 16.7 Å². The van der Waals surface area contributed by atoms with Gasteiger partial charge >= 0.3 is 5.97 Å². The standard InChI is InChI=1S/C18H33NO4Si3/c1-24(2,3)19(14-17(20)23-26(7,8)9)18(21)15-11-10-12-16(13-15)22-25(4,5)6/h10-13H,14H2,1-9H3. The number of benzene rings is 1. The Morgan fingerprint density at radius 1 is 0.923 bits per heavy atom. The average molecular weight is 412 g/mol. The van der Waals surface area contributed by atoms with E-state index in [1.165, 1.54) is 0 Å². The highest BCUT2D eigenvalue weighted by Crippen LogP contribution is 2.21. The van der Waals surface area contributed by atoms with Gasteiger partial charge in [-0.15, -0.1) is 0 Å². The fraction of sp³-hybridized carbons (Fsp3) is 0.556. The van der Waals surface area contributed by atoms with Crippen molar-refractivity contribution in [2.24, 2.45) is 0 Å². The molecule has 0 spiro atoms. The SMILES string of the molecule is C[Si](C)(C)OC(=O)CN(C(=O)c1cccc(O[Si](C)(C)C)c1)[Si](C)(C)C. The molecule has 146 valence electrons. The van der Waals surface area contributed by atoms with Crippen molar-refractivity contribution in [2.45, 2.75) is 58.9 Å². The molecule has 0 radical (unpaired) electrons. The van der Waals surface area contributed by atoms with Crippen LogP contribution in [0.3, 0.4) is 0 Å². The summed E-state index contributed by atoms with van der Waals surface area (Å²) in [5, 5.41) is 0. The van der Waals surface area contributed by atoms with Gasteiger partial charge in [0.05, 0.1) is 0 Å². The maximum Gasteiger partial charge on any atom is 0.311 e. The van der Waals surface area contributed by atoms with Crippen molar-refractivity contribution >= 4 is 36.7 Å². The van der Waals surface area contributed by atoms with Crippen LogP contribution >= 0.6 is 0 Å². The Morgan fingerprint density at radius 3 is 1.96 bits per heavy atom. The maximum absolute atomic E-state index is 13.1. The zero-order chi connectivity index (χ0) is 20.3. The van der Waals surface area contributed by atoms with Crippen molar-refractivity contribution in [1.29, 1.82) is 0 Å². The molecule has 8 heteroatoms. The molecule has 0 aromatic heterocycles. The largest absolute Gasteiger partial charge is 0.544 e. The van der Waals surface area contributed by atoms with Crippen molar-refractivity contribution in [3.8, 4) is 5.75 Å². The lowest BCUT2D eigenvalue weighted by molar-refractivity contribution is -0.135. The smallest absolute Gasteiger partial charge is 0.311 e. The molecule has 0 saturated heterocycles. The fourth-order valence-corrected chi connectivity index (χ4v) is 5.24. The van der Waals surface area contributed by atoms with Crippen LogP contribution in [0.15, 0.2) is 24.3 Å². The van der Waals surface area contributed by atoms with Gasteiger partial charge in [0.1, 0.15) is 12.3 Å². The molecule has 1 rings (SSSR count). The first-order valence-electron chi connectivity index (χ1n) is 8.91. The number of amides is 1. The average Bonchev–Trinajstić information content (AvgIpc) is 2.39. The molecule has 0 heterocycles. The van der Waals surface area contributed by atoms with Crippen LogP contribution in [0.25, 0.3) is 0 Å². The Bertz CT molecular complexity index is 658. The van der Waals surface area contributed by atoms with Gasteiger partial charge in [-0.1, -0.05) is 25.7 Å². The van der Waals surface area contributed by atoms with Gasteiger partial charge in [0, 0.05) is 5.56 Å². The third-order valence-electron chi connectivity index (χ3n) is 3.27. The summed E-state index contributed by atoms with van der Waals surface area (Å²) in [4.78, 5) is 25.5. The minimum Gasteiger partial charge on any atom is -0.544 e. The van der Waals surface area contributed by atoms with Gasteiger partial charge < -0.3 is 13.4 Å². The van der Waals surface area contributed by atoms with Gasteiger partial charge in [-0.2, -0.15) is 0 Å². The quantitative estimate of drug-likeness (QED) is 0.617. The van der Waals surface area contributed by atoms with Crippen molar-refractivity contribution in [2.75, 3.05) is 6.54 Å². The Kier molecular flexibility index (Phi) is 7.05. The zero-order valence-corrected chi connectivity index (χ0v) is 20.6. The first kappa shape index (κ1) is 22.7. The normalized spacial score (nSPS) is 12.5. The Hall–Kier alpha value is -1.39. The molecule has 0 N–H and O–H groups in total. The number of hydrogen-bond acceptors (Lipinski definition) is 4. The summed E-state index contributed by atoms with van der Waals surface area (Å²) in [6, 6.07) is 7.24. The van der Waals surface area contributed by atoms with E-state index in [2.05, 4.69) is 39.3 Å². The minimum atomic E-state index is -2.07. The van der Waals surface area contributed by atoms with Crippen molar-refractivity contribution < 1.29 is 18.4 Å². The summed E-state index contributed by atoms with van der Waals surface area (Å²) in [5.74, 6) is 0.238. The molecular weight excluding hydrogens is 378 g/mol. The Morgan fingerprint density at radius 2 is 1.50 bits per heavy atom. The minimum absolute atomic E-state index is 0.00205. The lowest BCUT2D eigenvalue weighted by atomic mass is 10.2. The molecule has 26 heavy (non-hydrogen) atoms.